The fourth-order valence-electron chi connectivity index (χ4n) is 3.64. The molecule has 1 saturated heterocycles. The van der Waals surface area contributed by atoms with Crippen molar-refractivity contribution < 1.29 is 9.53 Å². The second kappa shape index (κ2) is 9.91. The van der Waals surface area contributed by atoms with Crippen molar-refractivity contribution in [3.8, 4) is 11.4 Å². The van der Waals surface area contributed by atoms with E-state index < -0.39 is 0 Å². The Morgan fingerprint density at radius 3 is 2.53 bits per heavy atom. The minimum absolute atomic E-state index is 0.00799. The van der Waals surface area contributed by atoms with Crippen LogP contribution in [0.5, 0.6) is 5.75 Å². The van der Waals surface area contributed by atoms with Gasteiger partial charge in [-0.3, -0.25) is 14.3 Å². The van der Waals surface area contributed by atoms with Crippen molar-refractivity contribution in [1.29, 1.82) is 0 Å². The summed E-state index contributed by atoms with van der Waals surface area (Å²) in [6.07, 6.45) is 2.50. The maximum absolute atomic E-state index is 11.8. The van der Waals surface area contributed by atoms with Crippen LogP contribution in [0.15, 0.2) is 59.8 Å². The standard InChI is InChI=1S/C23H26N4O2S/c1-18(28)20-11-5-6-12-21(20)29-15-16-30-23-25-24-22(17-26-13-7-8-14-26)27(23)19-9-3-2-4-10-19/h2-6,9-12H,7-8,13-17H2,1H3. The van der Waals surface area contributed by atoms with E-state index in [-0.39, 0.29) is 5.78 Å². The molecule has 0 spiro atoms. The summed E-state index contributed by atoms with van der Waals surface area (Å²) in [5.41, 5.74) is 1.69. The number of ketones is 1. The number of aromatic nitrogens is 3. The highest BCUT2D eigenvalue weighted by Crippen LogP contribution is 2.24. The van der Waals surface area contributed by atoms with Gasteiger partial charge in [0, 0.05) is 11.4 Å². The Labute approximate surface area is 181 Å². The van der Waals surface area contributed by atoms with Gasteiger partial charge in [0.2, 0.25) is 0 Å². The molecule has 0 N–H and O–H groups in total. The predicted molar refractivity (Wildman–Crippen MR) is 119 cm³/mol. The molecule has 156 valence electrons. The number of thioether (sulfide) groups is 1. The normalized spacial score (nSPS) is 14.2. The van der Waals surface area contributed by atoms with E-state index in [2.05, 4.69) is 31.8 Å². The maximum Gasteiger partial charge on any atom is 0.195 e. The first-order chi connectivity index (χ1) is 14.7. The van der Waals surface area contributed by atoms with E-state index in [1.807, 2.05) is 36.4 Å². The van der Waals surface area contributed by atoms with Gasteiger partial charge in [-0.2, -0.15) is 0 Å². The average Bonchev–Trinajstić information content (AvgIpc) is 3.42. The Bertz CT molecular complexity index is 984. The van der Waals surface area contributed by atoms with E-state index in [9.17, 15) is 4.79 Å². The minimum Gasteiger partial charge on any atom is -0.492 e. The smallest absolute Gasteiger partial charge is 0.195 e. The van der Waals surface area contributed by atoms with Crippen molar-refractivity contribution in [2.45, 2.75) is 31.5 Å². The number of benzene rings is 2. The van der Waals surface area contributed by atoms with Gasteiger partial charge in [0.15, 0.2) is 16.8 Å². The molecule has 0 bridgehead atoms. The predicted octanol–water partition coefficient (Wildman–Crippen LogP) is 4.24. The molecule has 0 radical (unpaired) electrons. The number of Topliss-reactive ketones (excluding diaryl/α,β-unsaturated/α-hetero) is 1. The fourth-order valence-corrected chi connectivity index (χ4v) is 4.43. The molecular formula is C23H26N4O2S. The lowest BCUT2D eigenvalue weighted by Gasteiger charge is -2.16. The molecule has 1 aliphatic heterocycles. The molecule has 2 aromatic carbocycles. The van der Waals surface area contributed by atoms with E-state index in [4.69, 9.17) is 4.74 Å². The van der Waals surface area contributed by atoms with Crippen molar-refractivity contribution in [3.05, 3.63) is 66.0 Å². The van der Waals surface area contributed by atoms with Gasteiger partial charge < -0.3 is 4.74 Å². The Balaban J connectivity index is 1.45. The van der Waals surface area contributed by atoms with Crippen LogP contribution in [0, 0.1) is 0 Å². The molecule has 0 saturated carbocycles. The summed E-state index contributed by atoms with van der Waals surface area (Å²) < 4.78 is 8.02. The highest BCUT2D eigenvalue weighted by atomic mass is 32.2. The first-order valence-electron chi connectivity index (χ1n) is 10.3. The summed E-state index contributed by atoms with van der Waals surface area (Å²) in [5.74, 6) is 2.31. The number of hydrogen-bond acceptors (Lipinski definition) is 6. The van der Waals surface area contributed by atoms with E-state index in [0.717, 1.165) is 36.3 Å². The minimum atomic E-state index is 0.00799. The second-order valence-electron chi connectivity index (χ2n) is 7.30. The highest BCUT2D eigenvalue weighted by Gasteiger charge is 2.19. The van der Waals surface area contributed by atoms with Crippen molar-refractivity contribution in [2.75, 3.05) is 25.4 Å². The fraction of sp³-hybridized carbons (Fsp3) is 0.348. The monoisotopic (exact) mass is 422 g/mol. The summed E-state index contributed by atoms with van der Waals surface area (Å²) in [6.45, 7) is 5.09. The zero-order valence-electron chi connectivity index (χ0n) is 17.2. The number of ether oxygens (including phenoxy) is 1. The average molecular weight is 423 g/mol. The van der Waals surface area contributed by atoms with Gasteiger partial charge in [0.25, 0.3) is 0 Å². The van der Waals surface area contributed by atoms with E-state index >= 15 is 0 Å². The molecule has 1 aliphatic rings. The molecule has 0 atom stereocenters. The van der Waals surface area contributed by atoms with Crippen LogP contribution < -0.4 is 4.74 Å². The Morgan fingerprint density at radius 1 is 1.03 bits per heavy atom. The summed E-state index contributed by atoms with van der Waals surface area (Å²) >= 11 is 1.62. The van der Waals surface area contributed by atoms with Crippen molar-refractivity contribution in [1.82, 2.24) is 19.7 Å². The van der Waals surface area contributed by atoms with Gasteiger partial charge in [-0.25, -0.2) is 0 Å². The van der Waals surface area contributed by atoms with Crippen molar-refractivity contribution in [2.24, 2.45) is 0 Å². The summed E-state index contributed by atoms with van der Waals surface area (Å²) in [5, 5.41) is 9.82. The first kappa shape index (κ1) is 20.6. The first-order valence-corrected chi connectivity index (χ1v) is 11.3. The van der Waals surface area contributed by atoms with Crippen LogP contribution in [0.3, 0.4) is 0 Å². The number of carbonyl (C=O) groups excluding carboxylic acids is 1. The summed E-state index contributed by atoms with van der Waals surface area (Å²) in [6, 6.07) is 17.6. The molecule has 0 unspecified atom stereocenters. The zero-order chi connectivity index (χ0) is 20.8. The summed E-state index contributed by atoms with van der Waals surface area (Å²) in [4.78, 5) is 14.2. The van der Waals surface area contributed by atoms with E-state index in [0.29, 0.717) is 23.7 Å². The number of hydrogen-bond donors (Lipinski definition) is 0. The molecule has 1 fully saturated rings. The Hall–Kier alpha value is -2.64. The van der Waals surface area contributed by atoms with Crippen LogP contribution in [0.4, 0.5) is 0 Å². The molecule has 3 aromatic rings. The van der Waals surface area contributed by atoms with Crippen LogP contribution in [0.2, 0.25) is 0 Å². The number of rotatable bonds is 9. The maximum atomic E-state index is 11.8. The molecule has 30 heavy (non-hydrogen) atoms. The number of nitrogens with zero attached hydrogens (tertiary/aromatic N) is 4. The molecular weight excluding hydrogens is 396 g/mol. The molecule has 0 aliphatic carbocycles. The second-order valence-corrected chi connectivity index (χ2v) is 8.36. The number of carbonyl (C=O) groups is 1. The Kier molecular flexibility index (Phi) is 6.81. The third-order valence-electron chi connectivity index (χ3n) is 5.12. The molecule has 0 amide bonds. The topological polar surface area (TPSA) is 60.2 Å². The largest absolute Gasteiger partial charge is 0.492 e. The van der Waals surface area contributed by atoms with Crippen LogP contribution >= 0.6 is 11.8 Å². The van der Waals surface area contributed by atoms with E-state index in [1.165, 1.54) is 12.8 Å². The third-order valence-corrected chi connectivity index (χ3v) is 6.01. The molecule has 6 nitrogen and oxygen atoms in total. The lowest BCUT2D eigenvalue weighted by Crippen LogP contribution is -2.21. The van der Waals surface area contributed by atoms with Gasteiger partial charge in [-0.05, 0) is 57.1 Å². The van der Waals surface area contributed by atoms with Crippen LogP contribution in [-0.2, 0) is 6.54 Å². The van der Waals surface area contributed by atoms with Gasteiger partial charge in [-0.15, -0.1) is 10.2 Å². The van der Waals surface area contributed by atoms with E-state index in [1.54, 1.807) is 24.8 Å². The Morgan fingerprint density at radius 2 is 1.77 bits per heavy atom. The number of likely N-dealkylation sites (tertiary alicyclic amines) is 1. The zero-order valence-corrected chi connectivity index (χ0v) is 18.0. The van der Waals surface area contributed by atoms with Crippen LogP contribution in [0.25, 0.3) is 5.69 Å². The van der Waals surface area contributed by atoms with Crippen molar-refractivity contribution in [3.63, 3.8) is 0 Å². The summed E-state index contributed by atoms with van der Waals surface area (Å²) in [7, 11) is 0. The van der Waals surface area contributed by atoms with Gasteiger partial charge in [0.05, 0.1) is 18.7 Å². The van der Waals surface area contributed by atoms with Crippen LogP contribution in [0.1, 0.15) is 35.9 Å². The van der Waals surface area contributed by atoms with Crippen LogP contribution in [-0.4, -0.2) is 50.9 Å². The lowest BCUT2D eigenvalue weighted by atomic mass is 10.1. The van der Waals surface area contributed by atoms with Gasteiger partial charge in [-0.1, -0.05) is 42.1 Å². The quantitative estimate of drug-likeness (QED) is 0.292. The molecule has 7 heteroatoms. The molecule has 4 rings (SSSR count). The van der Waals surface area contributed by atoms with Gasteiger partial charge >= 0.3 is 0 Å². The molecule has 2 heterocycles. The number of para-hydroxylation sites is 2. The van der Waals surface area contributed by atoms with Gasteiger partial charge in [0.1, 0.15) is 5.75 Å². The SMILES string of the molecule is CC(=O)c1ccccc1OCCSc1nnc(CN2CCCC2)n1-c1ccccc1. The lowest BCUT2D eigenvalue weighted by molar-refractivity contribution is 0.101. The third kappa shape index (κ3) is 4.91. The highest BCUT2D eigenvalue weighted by molar-refractivity contribution is 7.99. The van der Waals surface area contributed by atoms with Crippen molar-refractivity contribution >= 4 is 17.5 Å². The molecule has 1 aromatic heterocycles.